The van der Waals surface area contributed by atoms with Crippen LogP contribution in [0.5, 0.6) is 0 Å². The van der Waals surface area contributed by atoms with E-state index in [1.807, 2.05) is 43.0 Å². The van der Waals surface area contributed by atoms with Gasteiger partial charge in [-0.25, -0.2) is 0 Å². The van der Waals surface area contributed by atoms with E-state index >= 15 is 0 Å². The number of nitrogens with zero attached hydrogens (tertiary/aromatic N) is 2. The van der Waals surface area contributed by atoms with Gasteiger partial charge in [0.05, 0.1) is 11.3 Å². The Balaban J connectivity index is 2.02. The minimum atomic E-state index is -0.00755. The Morgan fingerprint density at radius 1 is 1.17 bits per heavy atom. The second-order valence-corrected chi connectivity index (χ2v) is 7.12. The lowest BCUT2D eigenvalue weighted by Gasteiger charge is -2.32. The van der Waals surface area contributed by atoms with E-state index in [2.05, 4.69) is 17.3 Å². The lowest BCUT2D eigenvalue weighted by atomic mass is 10.2. The first-order chi connectivity index (χ1) is 11.0. The second-order valence-electron chi connectivity index (χ2n) is 6.10. The summed E-state index contributed by atoms with van der Waals surface area (Å²) in [6.07, 6.45) is 0. The Morgan fingerprint density at radius 3 is 2.48 bits per heavy atom. The van der Waals surface area contributed by atoms with Crippen molar-refractivity contribution >= 4 is 23.6 Å². The van der Waals surface area contributed by atoms with Crippen molar-refractivity contribution in [1.82, 2.24) is 15.1 Å². The van der Waals surface area contributed by atoms with Gasteiger partial charge in [0, 0.05) is 37.1 Å². The number of carbonyl (C=O) groups excluding carboxylic acids is 2. The zero-order valence-corrected chi connectivity index (χ0v) is 14.9. The Hall–Kier alpha value is -1.53. The zero-order chi connectivity index (χ0) is 16.8. The Morgan fingerprint density at radius 2 is 1.83 bits per heavy atom. The molecule has 0 spiro atoms. The average molecular weight is 335 g/mol. The maximum absolute atomic E-state index is 12.7. The molecule has 2 amide bonds. The highest BCUT2D eigenvalue weighted by Gasteiger charge is 2.22. The molecule has 1 aromatic carbocycles. The number of likely N-dealkylation sites (N-methyl/N-ethyl adjacent to an activating group) is 1. The van der Waals surface area contributed by atoms with Crippen molar-refractivity contribution < 1.29 is 9.59 Å². The number of piperazine rings is 1. The summed E-state index contributed by atoms with van der Waals surface area (Å²) in [5.74, 6) is 0.378. The summed E-state index contributed by atoms with van der Waals surface area (Å²) in [7, 11) is 2.07. The van der Waals surface area contributed by atoms with Gasteiger partial charge in [-0.2, -0.15) is 0 Å². The molecule has 0 aromatic heterocycles. The van der Waals surface area contributed by atoms with Crippen LogP contribution < -0.4 is 5.32 Å². The van der Waals surface area contributed by atoms with Crippen LogP contribution in [0.25, 0.3) is 0 Å². The molecule has 0 saturated carbocycles. The molecule has 1 fully saturated rings. The van der Waals surface area contributed by atoms with E-state index in [0.717, 1.165) is 31.1 Å². The third-order valence-electron chi connectivity index (χ3n) is 3.72. The first-order valence-corrected chi connectivity index (χ1v) is 8.95. The van der Waals surface area contributed by atoms with Gasteiger partial charge in [0.25, 0.3) is 5.91 Å². The van der Waals surface area contributed by atoms with Crippen LogP contribution in [-0.2, 0) is 4.79 Å². The monoisotopic (exact) mass is 335 g/mol. The fourth-order valence-electron chi connectivity index (χ4n) is 2.46. The minimum absolute atomic E-state index is 0.00755. The van der Waals surface area contributed by atoms with Crippen molar-refractivity contribution in [3.8, 4) is 0 Å². The number of rotatable bonds is 5. The molecule has 0 bridgehead atoms. The van der Waals surface area contributed by atoms with Gasteiger partial charge >= 0.3 is 0 Å². The van der Waals surface area contributed by atoms with Crippen molar-refractivity contribution in [1.29, 1.82) is 0 Å². The largest absolute Gasteiger partial charge is 0.353 e. The molecule has 0 radical (unpaired) electrons. The lowest BCUT2D eigenvalue weighted by Crippen LogP contribution is -2.47. The highest BCUT2D eigenvalue weighted by Crippen LogP contribution is 2.24. The number of amides is 2. The third-order valence-corrected chi connectivity index (χ3v) is 4.79. The van der Waals surface area contributed by atoms with E-state index in [1.165, 1.54) is 11.8 Å². The minimum Gasteiger partial charge on any atom is -0.353 e. The summed E-state index contributed by atoms with van der Waals surface area (Å²) in [5, 5.41) is 2.87. The van der Waals surface area contributed by atoms with Crippen molar-refractivity contribution in [3.63, 3.8) is 0 Å². The second kappa shape index (κ2) is 8.36. The zero-order valence-electron chi connectivity index (χ0n) is 14.0. The lowest BCUT2D eigenvalue weighted by molar-refractivity contribution is -0.119. The Labute approximate surface area is 142 Å². The first kappa shape index (κ1) is 17.8. The van der Waals surface area contributed by atoms with Crippen molar-refractivity contribution in [2.45, 2.75) is 24.8 Å². The molecular weight excluding hydrogens is 310 g/mol. The van der Waals surface area contributed by atoms with Gasteiger partial charge < -0.3 is 15.1 Å². The van der Waals surface area contributed by atoms with Gasteiger partial charge in [-0.05, 0) is 33.0 Å². The number of thioether (sulfide) groups is 1. The van der Waals surface area contributed by atoms with Gasteiger partial charge in [-0.15, -0.1) is 11.8 Å². The third kappa shape index (κ3) is 5.25. The van der Waals surface area contributed by atoms with E-state index in [0.29, 0.717) is 11.3 Å². The molecule has 0 atom stereocenters. The predicted molar refractivity (Wildman–Crippen MR) is 93.8 cm³/mol. The normalized spacial score (nSPS) is 15.7. The summed E-state index contributed by atoms with van der Waals surface area (Å²) >= 11 is 1.42. The highest BCUT2D eigenvalue weighted by molar-refractivity contribution is 8.00. The van der Waals surface area contributed by atoms with Gasteiger partial charge in [0.15, 0.2) is 0 Å². The standard InChI is InChI=1S/C17H25N3O2S/c1-13(2)18-16(21)12-23-15-7-5-4-6-14(15)17(22)20-10-8-19(3)9-11-20/h4-7,13H,8-12H2,1-3H3,(H,18,21). The van der Waals surface area contributed by atoms with E-state index in [-0.39, 0.29) is 17.9 Å². The van der Waals surface area contributed by atoms with Crippen molar-refractivity contribution in [2.75, 3.05) is 39.0 Å². The number of carbonyl (C=O) groups is 2. The molecule has 5 nitrogen and oxygen atoms in total. The number of nitrogens with one attached hydrogen (secondary N) is 1. The van der Waals surface area contributed by atoms with E-state index in [1.54, 1.807) is 0 Å². The van der Waals surface area contributed by atoms with Crippen LogP contribution in [0.2, 0.25) is 0 Å². The summed E-state index contributed by atoms with van der Waals surface area (Å²) in [5.41, 5.74) is 0.694. The van der Waals surface area contributed by atoms with Crippen LogP contribution in [0, 0.1) is 0 Å². The van der Waals surface area contributed by atoms with E-state index < -0.39 is 0 Å². The molecule has 1 aromatic rings. The van der Waals surface area contributed by atoms with Crippen LogP contribution in [0.1, 0.15) is 24.2 Å². The van der Waals surface area contributed by atoms with Gasteiger partial charge in [-0.1, -0.05) is 12.1 Å². The number of benzene rings is 1. The maximum atomic E-state index is 12.7. The van der Waals surface area contributed by atoms with Crippen LogP contribution in [0.3, 0.4) is 0 Å². The highest BCUT2D eigenvalue weighted by atomic mass is 32.2. The molecule has 0 aliphatic carbocycles. The molecule has 23 heavy (non-hydrogen) atoms. The van der Waals surface area contributed by atoms with E-state index in [4.69, 9.17) is 0 Å². The van der Waals surface area contributed by atoms with Crippen LogP contribution in [0.15, 0.2) is 29.2 Å². The average Bonchev–Trinajstić information content (AvgIpc) is 2.52. The van der Waals surface area contributed by atoms with E-state index in [9.17, 15) is 9.59 Å². The van der Waals surface area contributed by atoms with Gasteiger partial charge in [-0.3, -0.25) is 9.59 Å². The van der Waals surface area contributed by atoms with Gasteiger partial charge in [0.2, 0.25) is 5.91 Å². The summed E-state index contributed by atoms with van der Waals surface area (Å²) in [4.78, 5) is 29.5. The summed E-state index contributed by atoms with van der Waals surface area (Å²) in [6.45, 7) is 7.18. The molecule has 1 aliphatic rings. The number of hydrogen-bond donors (Lipinski definition) is 1. The molecule has 2 rings (SSSR count). The molecule has 126 valence electrons. The number of hydrogen-bond acceptors (Lipinski definition) is 4. The summed E-state index contributed by atoms with van der Waals surface area (Å²) < 4.78 is 0. The topological polar surface area (TPSA) is 52.7 Å². The molecular formula is C17H25N3O2S. The first-order valence-electron chi connectivity index (χ1n) is 7.96. The molecule has 0 unspecified atom stereocenters. The molecule has 1 aliphatic heterocycles. The quantitative estimate of drug-likeness (QED) is 0.832. The summed E-state index contributed by atoms with van der Waals surface area (Å²) in [6, 6.07) is 7.68. The molecule has 1 N–H and O–H groups in total. The molecule has 6 heteroatoms. The molecule has 1 saturated heterocycles. The smallest absolute Gasteiger partial charge is 0.255 e. The van der Waals surface area contributed by atoms with Gasteiger partial charge in [0.1, 0.15) is 0 Å². The fraction of sp³-hybridized carbons (Fsp3) is 0.529. The van der Waals surface area contributed by atoms with Crippen LogP contribution in [0.4, 0.5) is 0 Å². The SMILES string of the molecule is CC(C)NC(=O)CSc1ccccc1C(=O)N1CCN(C)CC1. The fourth-order valence-corrected chi connectivity index (χ4v) is 3.31. The van der Waals surface area contributed by atoms with Crippen LogP contribution >= 0.6 is 11.8 Å². The van der Waals surface area contributed by atoms with Crippen molar-refractivity contribution in [3.05, 3.63) is 29.8 Å². The predicted octanol–water partition coefficient (Wildman–Crippen LogP) is 1.69. The molecule has 1 heterocycles. The van der Waals surface area contributed by atoms with Crippen LogP contribution in [-0.4, -0.2) is 66.6 Å². The Bertz CT molecular complexity index is 555. The Kier molecular flexibility index (Phi) is 6.47. The van der Waals surface area contributed by atoms with Crippen molar-refractivity contribution in [2.24, 2.45) is 0 Å². The maximum Gasteiger partial charge on any atom is 0.255 e.